The van der Waals surface area contributed by atoms with Crippen molar-refractivity contribution in [3.63, 3.8) is 0 Å². The third-order valence-electron chi connectivity index (χ3n) is 5.57. The summed E-state index contributed by atoms with van der Waals surface area (Å²) in [7, 11) is 0. The van der Waals surface area contributed by atoms with Gasteiger partial charge in [-0.2, -0.15) is 0 Å². The number of fused-ring (bicyclic) bond motifs is 1. The molecule has 1 saturated carbocycles. The van der Waals surface area contributed by atoms with E-state index in [2.05, 4.69) is 29.1 Å². The van der Waals surface area contributed by atoms with E-state index in [1.807, 2.05) is 24.3 Å². The highest BCUT2D eigenvalue weighted by molar-refractivity contribution is 5.85. The molecule has 1 aromatic carbocycles. The normalized spacial score (nSPS) is 17.0. The van der Waals surface area contributed by atoms with Crippen LogP contribution in [-0.2, 0) is 4.79 Å². The van der Waals surface area contributed by atoms with E-state index in [0.717, 1.165) is 29.7 Å². The van der Waals surface area contributed by atoms with Crippen LogP contribution in [0.1, 0.15) is 64.2 Å². The Bertz CT molecular complexity index is 693. The van der Waals surface area contributed by atoms with Gasteiger partial charge in [0.1, 0.15) is 5.82 Å². The Kier molecular flexibility index (Phi) is 9.06. The van der Waals surface area contributed by atoms with Crippen LogP contribution in [0.5, 0.6) is 0 Å². The van der Waals surface area contributed by atoms with Crippen molar-refractivity contribution in [3.05, 3.63) is 30.1 Å². The smallest absolute Gasteiger partial charge is 0.221 e. The fraction of sp³-hybridized carbons (Fsp3) is 0.600. The number of benzene rings is 1. The van der Waals surface area contributed by atoms with Crippen LogP contribution in [0, 0.1) is 11.3 Å². The molecule has 0 aliphatic heterocycles. The molecule has 7 heteroatoms. The van der Waals surface area contributed by atoms with Crippen molar-refractivity contribution >= 4 is 41.8 Å². The molecule has 0 spiro atoms. The molecule has 3 rings (SSSR count). The van der Waals surface area contributed by atoms with Gasteiger partial charge in [-0.15, -0.1) is 24.8 Å². The fourth-order valence-corrected chi connectivity index (χ4v) is 3.99. The summed E-state index contributed by atoms with van der Waals surface area (Å²) < 4.78 is 0. The molecule has 1 atom stereocenters. The molecule has 2 aromatic rings. The maximum atomic E-state index is 12.8. The Morgan fingerprint density at radius 1 is 1.22 bits per heavy atom. The number of carbonyl (C=O) groups is 1. The highest BCUT2D eigenvalue weighted by Gasteiger charge is 2.34. The van der Waals surface area contributed by atoms with Crippen molar-refractivity contribution in [3.8, 4) is 0 Å². The van der Waals surface area contributed by atoms with Crippen LogP contribution in [0.4, 0.5) is 0 Å². The van der Waals surface area contributed by atoms with Gasteiger partial charge in [-0.05, 0) is 42.9 Å². The predicted molar refractivity (Wildman–Crippen MR) is 116 cm³/mol. The molecule has 1 unspecified atom stereocenters. The molecule has 1 aliphatic carbocycles. The average Bonchev–Trinajstić information content (AvgIpc) is 3.04. The van der Waals surface area contributed by atoms with Gasteiger partial charge in [0.05, 0.1) is 17.1 Å². The van der Waals surface area contributed by atoms with Gasteiger partial charge in [-0.3, -0.25) is 4.79 Å². The van der Waals surface area contributed by atoms with Crippen LogP contribution in [0.2, 0.25) is 0 Å². The second kappa shape index (κ2) is 10.3. The van der Waals surface area contributed by atoms with Gasteiger partial charge in [0.2, 0.25) is 5.91 Å². The Hall–Kier alpha value is -1.30. The van der Waals surface area contributed by atoms with Gasteiger partial charge in [0.15, 0.2) is 0 Å². The second-order valence-electron chi connectivity index (χ2n) is 7.87. The maximum Gasteiger partial charge on any atom is 0.221 e. The van der Waals surface area contributed by atoms with Gasteiger partial charge < -0.3 is 16.0 Å². The van der Waals surface area contributed by atoms with Gasteiger partial charge in [-0.25, -0.2) is 4.98 Å². The van der Waals surface area contributed by atoms with Crippen LogP contribution in [0.15, 0.2) is 24.3 Å². The van der Waals surface area contributed by atoms with Gasteiger partial charge in [0, 0.05) is 6.42 Å². The molecule has 0 saturated heterocycles. The standard InChI is InChI=1S/C20H30N4O.2ClH/c1-14(2)18(19-22-15-8-4-5-9-16(15)23-19)24-17(25)12-20(13-21)10-6-3-7-11-20;;/h4-5,8-9,14,18H,3,6-7,10-13,21H2,1-2H3,(H,22,23)(H,24,25);2*1H. The second-order valence-corrected chi connectivity index (χ2v) is 7.87. The van der Waals surface area contributed by atoms with Crippen LogP contribution in [0.3, 0.4) is 0 Å². The molecule has 1 aliphatic rings. The average molecular weight is 415 g/mol. The van der Waals surface area contributed by atoms with E-state index in [1.165, 1.54) is 19.3 Å². The number of nitrogens with one attached hydrogen (secondary N) is 2. The number of carbonyl (C=O) groups excluding carboxylic acids is 1. The van der Waals surface area contributed by atoms with Crippen LogP contribution in [-0.4, -0.2) is 22.4 Å². The maximum absolute atomic E-state index is 12.8. The number of para-hydroxylation sites is 2. The number of H-pyrrole nitrogens is 1. The van der Waals surface area contributed by atoms with Crippen molar-refractivity contribution in [2.24, 2.45) is 17.1 Å². The number of nitrogens with zero attached hydrogens (tertiary/aromatic N) is 1. The zero-order valence-corrected chi connectivity index (χ0v) is 17.8. The molecule has 0 radical (unpaired) electrons. The molecular formula is C20H32Cl2N4O. The summed E-state index contributed by atoms with van der Waals surface area (Å²) in [6, 6.07) is 7.85. The molecule has 1 aromatic heterocycles. The quantitative estimate of drug-likeness (QED) is 0.649. The first-order valence-electron chi connectivity index (χ1n) is 9.47. The number of hydrogen-bond acceptors (Lipinski definition) is 3. The summed E-state index contributed by atoms with van der Waals surface area (Å²) in [5.41, 5.74) is 7.96. The summed E-state index contributed by atoms with van der Waals surface area (Å²) >= 11 is 0. The van der Waals surface area contributed by atoms with Gasteiger partial charge >= 0.3 is 0 Å². The minimum absolute atomic E-state index is 0. The number of aromatic nitrogens is 2. The molecule has 4 N–H and O–H groups in total. The summed E-state index contributed by atoms with van der Waals surface area (Å²) in [5.74, 6) is 1.17. The van der Waals surface area contributed by atoms with Crippen molar-refractivity contribution in [2.45, 2.75) is 58.4 Å². The van der Waals surface area contributed by atoms with E-state index >= 15 is 0 Å². The van der Waals surface area contributed by atoms with Gasteiger partial charge in [-0.1, -0.05) is 45.2 Å². The Balaban J connectivity index is 0.00000182. The molecular weight excluding hydrogens is 383 g/mol. The van der Waals surface area contributed by atoms with Crippen LogP contribution in [0.25, 0.3) is 11.0 Å². The van der Waals surface area contributed by atoms with E-state index in [-0.39, 0.29) is 48.1 Å². The van der Waals surface area contributed by atoms with Crippen LogP contribution < -0.4 is 11.1 Å². The number of amides is 1. The van der Waals surface area contributed by atoms with Crippen molar-refractivity contribution in [2.75, 3.05) is 6.54 Å². The molecule has 1 heterocycles. The van der Waals surface area contributed by atoms with E-state index < -0.39 is 0 Å². The lowest BCUT2D eigenvalue weighted by atomic mass is 9.71. The number of hydrogen-bond donors (Lipinski definition) is 3. The van der Waals surface area contributed by atoms with Gasteiger partial charge in [0.25, 0.3) is 0 Å². The first-order chi connectivity index (χ1) is 12.0. The Morgan fingerprint density at radius 2 is 1.89 bits per heavy atom. The summed E-state index contributed by atoms with van der Waals surface area (Å²) in [6.45, 7) is 4.81. The minimum atomic E-state index is -0.113. The first kappa shape index (κ1) is 23.7. The minimum Gasteiger partial charge on any atom is -0.346 e. The number of rotatable bonds is 6. The number of aromatic amines is 1. The zero-order chi connectivity index (χ0) is 17.9. The van der Waals surface area contributed by atoms with E-state index in [4.69, 9.17) is 5.73 Å². The molecule has 27 heavy (non-hydrogen) atoms. The lowest BCUT2D eigenvalue weighted by Crippen LogP contribution is -2.40. The Morgan fingerprint density at radius 3 is 2.48 bits per heavy atom. The number of halogens is 2. The summed E-state index contributed by atoms with van der Waals surface area (Å²) in [4.78, 5) is 20.8. The van der Waals surface area contributed by atoms with Crippen molar-refractivity contribution < 1.29 is 4.79 Å². The number of imidazole rings is 1. The third kappa shape index (κ3) is 5.59. The predicted octanol–water partition coefficient (Wildman–Crippen LogP) is 4.52. The highest BCUT2D eigenvalue weighted by Crippen LogP contribution is 2.38. The van der Waals surface area contributed by atoms with E-state index in [0.29, 0.717) is 13.0 Å². The SMILES string of the molecule is CC(C)C(NC(=O)CC1(CN)CCCCC1)c1nc2ccccc2[nH]1.Cl.Cl. The molecule has 5 nitrogen and oxygen atoms in total. The molecule has 0 bridgehead atoms. The Labute approximate surface area is 174 Å². The van der Waals surface area contributed by atoms with E-state index in [9.17, 15) is 4.79 Å². The molecule has 1 fully saturated rings. The molecule has 1 amide bonds. The van der Waals surface area contributed by atoms with E-state index in [1.54, 1.807) is 0 Å². The van der Waals surface area contributed by atoms with Crippen molar-refractivity contribution in [1.82, 2.24) is 15.3 Å². The fourth-order valence-electron chi connectivity index (χ4n) is 3.99. The lowest BCUT2D eigenvalue weighted by Gasteiger charge is -2.36. The van der Waals surface area contributed by atoms with Crippen LogP contribution >= 0.6 is 24.8 Å². The van der Waals surface area contributed by atoms with Crippen molar-refractivity contribution in [1.29, 1.82) is 0 Å². The molecule has 152 valence electrons. The highest BCUT2D eigenvalue weighted by atomic mass is 35.5. The first-order valence-corrected chi connectivity index (χ1v) is 9.47. The number of nitrogens with two attached hydrogens (primary N) is 1. The zero-order valence-electron chi connectivity index (χ0n) is 16.2. The lowest BCUT2D eigenvalue weighted by molar-refractivity contribution is -0.125. The summed E-state index contributed by atoms with van der Waals surface area (Å²) in [6.07, 6.45) is 6.27. The largest absolute Gasteiger partial charge is 0.346 e. The topological polar surface area (TPSA) is 83.8 Å². The third-order valence-corrected chi connectivity index (χ3v) is 5.57. The monoisotopic (exact) mass is 414 g/mol. The summed E-state index contributed by atoms with van der Waals surface area (Å²) in [5, 5.41) is 3.21.